The van der Waals surface area contributed by atoms with Gasteiger partial charge in [-0.05, 0) is 100 Å². The Bertz CT molecular complexity index is 2200. The molecule has 10 atom stereocenters. The number of nitrogens with one attached hydrogen (secondary N) is 3. The maximum Gasteiger partial charge on any atom is 0.408 e. The van der Waals surface area contributed by atoms with Gasteiger partial charge in [-0.3, -0.25) is 19.1 Å². The molecule has 8 rings (SSSR count). The van der Waals surface area contributed by atoms with Gasteiger partial charge < -0.3 is 29.7 Å². The van der Waals surface area contributed by atoms with Gasteiger partial charge in [-0.25, -0.2) is 32.0 Å². The van der Waals surface area contributed by atoms with Gasteiger partial charge in [0.2, 0.25) is 34.1 Å². The van der Waals surface area contributed by atoms with E-state index < -0.39 is 92.4 Å². The molecule has 4 amide bonds. The molecule has 15 nitrogen and oxygen atoms in total. The molecule has 3 N–H and O–H groups in total. The maximum atomic E-state index is 15.0. The lowest BCUT2D eigenvalue weighted by atomic mass is 9.85. The molecule has 2 aliphatic heterocycles. The number of ether oxygens (including phenoxy) is 3. The van der Waals surface area contributed by atoms with Crippen molar-refractivity contribution in [2.75, 3.05) is 13.7 Å². The van der Waals surface area contributed by atoms with E-state index in [0.29, 0.717) is 53.6 Å². The number of halogens is 2. The standard InChI is InChI=1S/C43H58F2N6O9S/c1-7-24-32-21-51(33(24)36(52)49-43(20-27(43)35(44)45)39(54)50-61(56,57)42(5)15-16-42)38(53)34(41(2,3)4)48-40(55)60-31-18-22-17-26(22)25(31)11-9-8-10-12-29-37(59-32)47-30-19-23(58-6)13-14-28(30)46-29/h13-14,19,22,24-27,31-35H,7-12,15-18,20-21H2,1-6H3,(H,48,55)(H,49,52)(H,50,54)/t22-,24+,25+,26-,27-,31+,32-,33-,34+,43+/m0/s1. The molecule has 3 heterocycles. The van der Waals surface area contributed by atoms with Crippen LogP contribution in [0.2, 0.25) is 0 Å². The summed E-state index contributed by atoms with van der Waals surface area (Å²) in [7, 11) is -2.70. The number of alkyl carbamates (subject to hydrolysis) is 1. The van der Waals surface area contributed by atoms with E-state index in [1.807, 2.05) is 10.8 Å². The lowest BCUT2D eigenvalue weighted by Gasteiger charge is -2.36. The number of carbonyl (C=O) groups excluding carboxylic acids is 4. The van der Waals surface area contributed by atoms with Crippen LogP contribution in [0, 0.1) is 35.0 Å². The number of hydrogen-bond donors (Lipinski definition) is 3. The minimum atomic E-state index is -4.25. The van der Waals surface area contributed by atoms with Crippen molar-refractivity contribution in [3.63, 3.8) is 0 Å². The molecule has 0 spiro atoms. The fourth-order valence-electron chi connectivity index (χ4n) is 10.1. The number of methoxy groups -OCH3 is 1. The minimum absolute atomic E-state index is 0.172. The van der Waals surface area contributed by atoms with Gasteiger partial charge in [-0.2, -0.15) is 0 Å². The summed E-state index contributed by atoms with van der Waals surface area (Å²) in [4.78, 5) is 68.5. The number of alkyl halides is 2. The molecule has 4 aliphatic carbocycles. The van der Waals surface area contributed by atoms with Crippen molar-refractivity contribution < 1.29 is 50.6 Å². The summed E-state index contributed by atoms with van der Waals surface area (Å²) in [5.74, 6) is -3.28. The monoisotopic (exact) mass is 872 g/mol. The van der Waals surface area contributed by atoms with Crippen LogP contribution in [0.1, 0.15) is 105 Å². The van der Waals surface area contributed by atoms with Gasteiger partial charge in [0, 0.05) is 12.0 Å². The molecule has 1 aromatic carbocycles. The maximum absolute atomic E-state index is 15.0. The first-order chi connectivity index (χ1) is 28.8. The van der Waals surface area contributed by atoms with Crippen LogP contribution in [0.5, 0.6) is 11.6 Å². The summed E-state index contributed by atoms with van der Waals surface area (Å²) in [6.07, 6.45) is 1.24. The number of nitrogens with zero attached hydrogens (tertiary/aromatic N) is 3. The molecule has 2 bridgehead atoms. The van der Waals surface area contributed by atoms with Gasteiger partial charge in [-0.1, -0.05) is 40.5 Å². The van der Waals surface area contributed by atoms with E-state index in [4.69, 9.17) is 24.2 Å². The largest absolute Gasteiger partial charge is 0.497 e. The third kappa shape index (κ3) is 8.21. The number of rotatable bonds is 8. The molecule has 0 unspecified atom stereocenters. The summed E-state index contributed by atoms with van der Waals surface area (Å²) >= 11 is 0. The Morgan fingerprint density at radius 2 is 1.80 bits per heavy atom. The Kier molecular flexibility index (Phi) is 11.2. The van der Waals surface area contributed by atoms with Crippen LogP contribution < -0.4 is 24.8 Å². The Labute approximate surface area is 355 Å². The number of amides is 4. The number of fused-ring (bicyclic) bond motifs is 7. The lowest BCUT2D eigenvalue weighted by molar-refractivity contribution is -0.144. The van der Waals surface area contributed by atoms with Crippen molar-refractivity contribution in [3.05, 3.63) is 23.9 Å². The lowest BCUT2D eigenvalue weighted by Crippen LogP contribution is -2.61. The molecule has 334 valence electrons. The second-order valence-corrected chi connectivity index (χ2v) is 21.7. The van der Waals surface area contributed by atoms with Gasteiger partial charge in [-0.15, -0.1) is 0 Å². The molecular formula is C43H58F2N6O9S. The van der Waals surface area contributed by atoms with Crippen LogP contribution in [0.15, 0.2) is 18.2 Å². The first-order valence-electron chi connectivity index (χ1n) is 21.7. The van der Waals surface area contributed by atoms with Crippen molar-refractivity contribution in [1.82, 2.24) is 30.2 Å². The Hall–Kier alpha value is -4.35. The Balaban J connectivity index is 1.17. The first-order valence-corrected chi connectivity index (χ1v) is 23.2. The van der Waals surface area contributed by atoms with Crippen LogP contribution in [0.3, 0.4) is 0 Å². The highest BCUT2D eigenvalue weighted by molar-refractivity contribution is 7.91. The number of aromatic nitrogens is 2. The molecule has 0 radical (unpaired) electrons. The van der Waals surface area contributed by atoms with E-state index in [-0.39, 0.29) is 30.9 Å². The fraction of sp³-hybridized carbons (Fsp3) is 0.721. The number of carbonyl (C=O) groups is 4. The van der Waals surface area contributed by atoms with E-state index in [2.05, 4.69) is 10.6 Å². The van der Waals surface area contributed by atoms with E-state index in [1.165, 1.54) is 11.8 Å². The third-order valence-electron chi connectivity index (χ3n) is 14.3. The Morgan fingerprint density at radius 3 is 2.46 bits per heavy atom. The highest BCUT2D eigenvalue weighted by atomic mass is 32.2. The smallest absolute Gasteiger partial charge is 0.408 e. The predicted octanol–water partition coefficient (Wildman–Crippen LogP) is 5.04. The van der Waals surface area contributed by atoms with Crippen LogP contribution in [0.4, 0.5) is 13.6 Å². The Morgan fingerprint density at radius 1 is 1.05 bits per heavy atom. The van der Waals surface area contributed by atoms with E-state index in [9.17, 15) is 31.6 Å². The number of sulfonamides is 1. The molecule has 18 heteroatoms. The van der Waals surface area contributed by atoms with Crippen LogP contribution in [0.25, 0.3) is 11.0 Å². The highest BCUT2D eigenvalue weighted by Crippen LogP contribution is 2.58. The van der Waals surface area contributed by atoms with Crippen molar-refractivity contribution in [3.8, 4) is 11.6 Å². The molecule has 1 aromatic heterocycles. The fourth-order valence-corrected chi connectivity index (χ4v) is 11.4. The van der Waals surface area contributed by atoms with Gasteiger partial charge >= 0.3 is 6.09 Å². The van der Waals surface area contributed by atoms with Gasteiger partial charge in [0.25, 0.3) is 5.91 Å². The second kappa shape index (κ2) is 15.8. The topological polar surface area (TPSA) is 195 Å². The SMILES string of the molecule is CC[C@@H]1[C@@H]2CN(C(=O)[C@H](C(C)(C)C)NC(=O)O[C@@H]3C[C@@H]4C[C@@H]4[C@H]3CCCCCc3nc4ccc(OC)cc4nc3O2)[C@@H]1C(=O)N[C@]1(C(=O)NS(=O)(=O)C2(C)CC2)C[C@H]1C(F)F. The zero-order valence-corrected chi connectivity index (χ0v) is 36.5. The number of benzene rings is 1. The van der Waals surface area contributed by atoms with E-state index >= 15 is 4.79 Å². The highest BCUT2D eigenvalue weighted by Gasteiger charge is 2.68. The average Bonchev–Trinajstić information content (AvgIpc) is 4.15. The van der Waals surface area contributed by atoms with Gasteiger partial charge in [0.15, 0.2) is 0 Å². The van der Waals surface area contributed by atoms with Crippen molar-refractivity contribution >= 4 is 44.9 Å². The van der Waals surface area contributed by atoms with E-state index in [1.54, 1.807) is 46.9 Å². The van der Waals surface area contributed by atoms with Gasteiger partial charge in [0.05, 0.1) is 35.4 Å². The molecule has 6 aliphatic rings. The quantitative estimate of drug-likeness (QED) is 0.322. The van der Waals surface area contributed by atoms with Crippen LogP contribution in [-0.2, 0) is 35.6 Å². The summed E-state index contributed by atoms with van der Waals surface area (Å²) in [5, 5.41) is 5.37. The summed E-state index contributed by atoms with van der Waals surface area (Å²) in [6, 6.07) is 2.75. The molecule has 61 heavy (non-hydrogen) atoms. The minimum Gasteiger partial charge on any atom is -0.497 e. The molecular weight excluding hydrogens is 815 g/mol. The number of aryl methyl sites for hydroxylation is 1. The third-order valence-corrected chi connectivity index (χ3v) is 16.5. The molecule has 1 saturated heterocycles. The number of hydrogen-bond acceptors (Lipinski definition) is 11. The average molecular weight is 873 g/mol. The van der Waals surface area contributed by atoms with E-state index in [0.717, 1.165) is 38.5 Å². The first kappa shape index (κ1) is 43.3. The molecule has 4 saturated carbocycles. The summed E-state index contributed by atoms with van der Waals surface area (Å²) < 4.78 is 74.2. The normalized spacial score (nSPS) is 33.5. The van der Waals surface area contributed by atoms with Crippen molar-refractivity contribution in [2.24, 2.45) is 35.0 Å². The zero-order valence-electron chi connectivity index (χ0n) is 35.7. The van der Waals surface area contributed by atoms with Gasteiger partial charge in [0.1, 0.15) is 41.3 Å². The van der Waals surface area contributed by atoms with Crippen LogP contribution >= 0.6 is 0 Å². The van der Waals surface area contributed by atoms with Crippen molar-refractivity contribution in [2.45, 2.75) is 146 Å². The van der Waals surface area contributed by atoms with Crippen molar-refractivity contribution in [1.29, 1.82) is 0 Å². The zero-order chi connectivity index (χ0) is 43.8. The summed E-state index contributed by atoms with van der Waals surface area (Å²) in [5.41, 5.74) is -1.42. The summed E-state index contributed by atoms with van der Waals surface area (Å²) in [6.45, 7) is 8.40. The van der Waals surface area contributed by atoms with Crippen LogP contribution in [-0.4, -0.2) is 102 Å². The molecule has 5 fully saturated rings. The second-order valence-electron chi connectivity index (χ2n) is 19.5. The molecule has 2 aromatic rings. The predicted molar refractivity (Wildman–Crippen MR) is 218 cm³/mol.